The molecule has 3 amide bonds. The number of anilines is 4. The fourth-order valence-electron chi connectivity index (χ4n) is 5.42. The van der Waals surface area contributed by atoms with Crippen molar-refractivity contribution < 1.29 is 142 Å². The molecule has 284 valence electrons. The van der Waals surface area contributed by atoms with Gasteiger partial charge in [-0.15, -0.1) is 11.3 Å². The van der Waals surface area contributed by atoms with E-state index in [0.29, 0.717) is 11.4 Å². The van der Waals surface area contributed by atoms with Crippen LogP contribution in [0.4, 0.5) is 27.5 Å². The fraction of sp³-hybridized carbons (Fsp3) is 0.0606. The van der Waals surface area contributed by atoms with E-state index in [1.54, 1.807) is 12.1 Å². The summed E-state index contributed by atoms with van der Waals surface area (Å²) in [5.74, 6) is -1.36. The minimum absolute atomic E-state index is 0. The molecule has 5 aromatic rings. The van der Waals surface area contributed by atoms with Gasteiger partial charge in [0.25, 0.3) is 0 Å². The number of ketones is 1. The Morgan fingerprint density at radius 3 is 1.93 bits per heavy atom. The Labute approximate surface area is 401 Å². The first-order valence-corrected chi connectivity index (χ1v) is 20.4. The van der Waals surface area contributed by atoms with Crippen molar-refractivity contribution in [3.63, 3.8) is 0 Å². The summed E-state index contributed by atoms with van der Waals surface area (Å²) in [7, 11) is -15.6. The second-order valence-corrected chi connectivity index (χ2v) is 16.7. The van der Waals surface area contributed by atoms with Gasteiger partial charge in [-0.1, -0.05) is 6.07 Å². The molecule has 0 bridgehead atoms. The second kappa shape index (κ2) is 19.2. The van der Waals surface area contributed by atoms with E-state index in [-0.39, 0.29) is 138 Å². The summed E-state index contributed by atoms with van der Waals surface area (Å²) in [6.07, 6.45) is 0.836. The van der Waals surface area contributed by atoms with Gasteiger partial charge in [-0.2, -0.15) is 5.10 Å². The number of aromatic nitrogens is 1. The molecule has 0 atom stereocenters. The predicted molar refractivity (Wildman–Crippen MR) is 199 cm³/mol. The monoisotopic (exact) mass is 892 g/mol. The van der Waals surface area contributed by atoms with Crippen molar-refractivity contribution >= 4 is 104 Å². The van der Waals surface area contributed by atoms with Crippen LogP contribution in [0.1, 0.15) is 28.4 Å². The number of carbonyl (C=O) groups is 3. The van der Waals surface area contributed by atoms with E-state index < -0.39 is 68.3 Å². The van der Waals surface area contributed by atoms with Crippen molar-refractivity contribution in [1.29, 1.82) is 0 Å². The molecule has 4 N–H and O–H groups in total. The Balaban J connectivity index is 0.00000300. The minimum Gasteiger partial charge on any atom is -0.744 e. The van der Waals surface area contributed by atoms with Crippen LogP contribution in [0.25, 0.3) is 26.9 Å². The standard InChI is InChI=1S/C33H26N6O12S4.3Na/c1-16-3-11-25-30(31(16)55(49,50)51)52-32(37-25)18-4-12-24(26(14-18)53(43,44)45)38-39-28-27(54(46,47)48)15-19-13-22(9-10-23(19)29(28)41)36-33(42)35-21-7-5-20(6-8-21)34-17(2)40;;;/h3-15,38H,1-2H3,(H,34,40)(H2,35,36,42)(H,43,44,45)(H,46,47,48)(H,49,50,51);;;/q;3*+1/p-3/b39-28-;;;. The Morgan fingerprint density at radius 1 is 0.741 bits per heavy atom. The SMILES string of the molecule is CC(=O)Nc1ccc(NC(=O)Nc2ccc3c(c2)C=C(S(=O)(=O)[O-])/C(=N/Nc2ccc(-c4nc5ccc(C)c(S(=O)(=O)[O-])c5s4)cc2S(=O)(=O)[O-])C3=O)cc1.[Na+].[Na+].[Na+]. The van der Waals surface area contributed by atoms with Crippen LogP contribution in [-0.4, -0.2) is 67.3 Å². The first-order valence-electron chi connectivity index (χ1n) is 15.3. The zero-order chi connectivity index (χ0) is 40.0. The molecule has 58 heavy (non-hydrogen) atoms. The van der Waals surface area contributed by atoms with Gasteiger partial charge in [-0.3, -0.25) is 15.0 Å². The van der Waals surface area contributed by atoms with Crippen molar-refractivity contribution in [1.82, 2.24) is 4.98 Å². The molecule has 18 nitrogen and oxygen atoms in total. The number of benzene rings is 4. The topological polar surface area (TPSA) is 296 Å². The Kier molecular flexibility index (Phi) is 16.4. The number of urea groups is 1. The van der Waals surface area contributed by atoms with Crippen LogP contribution in [0, 0.1) is 6.92 Å². The number of carbonyl (C=O) groups excluding carboxylic acids is 3. The number of hydrogen-bond donors (Lipinski definition) is 4. The van der Waals surface area contributed by atoms with Crippen LogP contribution < -0.4 is 110 Å². The normalized spacial score (nSPS) is 13.2. The molecule has 0 fully saturated rings. The van der Waals surface area contributed by atoms with E-state index in [9.17, 15) is 53.3 Å². The number of nitrogens with zero attached hydrogens (tertiary/aromatic N) is 2. The third-order valence-corrected chi connectivity index (χ3v) is 11.8. The van der Waals surface area contributed by atoms with E-state index in [4.69, 9.17) is 0 Å². The summed E-state index contributed by atoms with van der Waals surface area (Å²) < 4.78 is 110. The summed E-state index contributed by atoms with van der Waals surface area (Å²) in [5, 5.41) is 11.4. The number of thiazole rings is 1. The summed E-state index contributed by atoms with van der Waals surface area (Å²) in [6, 6.07) is 15.2. The molecule has 1 aliphatic carbocycles. The number of hydrazone groups is 1. The summed E-state index contributed by atoms with van der Waals surface area (Å²) >= 11 is 0.755. The van der Waals surface area contributed by atoms with Gasteiger partial charge < -0.3 is 29.6 Å². The molecule has 0 unspecified atom stereocenters. The third kappa shape index (κ3) is 11.3. The fourth-order valence-corrected chi connectivity index (χ4v) is 9.00. The van der Waals surface area contributed by atoms with Crippen molar-refractivity contribution in [3.05, 3.63) is 94.4 Å². The zero-order valence-corrected chi connectivity index (χ0v) is 40.2. The number of fused-ring (bicyclic) bond motifs is 2. The van der Waals surface area contributed by atoms with Gasteiger partial charge >= 0.3 is 94.7 Å². The Morgan fingerprint density at radius 2 is 1.34 bits per heavy atom. The van der Waals surface area contributed by atoms with Crippen LogP contribution >= 0.6 is 11.3 Å². The Hall–Kier alpha value is -2.88. The molecular formula is C33H23N6Na3O12S4. The van der Waals surface area contributed by atoms with Gasteiger partial charge in [0.05, 0.1) is 30.6 Å². The van der Waals surface area contributed by atoms with Gasteiger partial charge in [0.15, 0.2) is 0 Å². The zero-order valence-electron chi connectivity index (χ0n) is 30.9. The largest absolute Gasteiger partial charge is 1.00 e. The average molecular weight is 893 g/mol. The smallest absolute Gasteiger partial charge is 0.744 e. The van der Waals surface area contributed by atoms with E-state index in [0.717, 1.165) is 29.5 Å². The van der Waals surface area contributed by atoms with Crippen LogP contribution in [0.3, 0.4) is 0 Å². The van der Waals surface area contributed by atoms with Gasteiger partial charge in [0.1, 0.15) is 41.1 Å². The van der Waals surface area contributed by atoms with E-state index >= 15 is 0 Å². The molecule has 0 radical (unpaired) electrons. The van der Waals surface area contributed by atoms with Crippen molar-refractivity contribution in [2.24, 2.45) is 5.10 Å². The molecule has 4 aromatic carbocycles. The molecule has 1 heterocycles. The number of Topliss-reactive ketones (excluding diaryl/α,β-unsaturated/α-hetero) is 1. The molecule has 6 rings (SSSR count). The molecule has 1 aromatic heterocycles. The Bertz CT molecular complexity index is 2890. The molecule has 25 heteroatoms. The van der Waals surface area contributed by atoms with E-state index in [1.807, 2.05) is 0 Å². The predicted octanol–water partition coefficient (Wildman–Crippen LogP) is -4.76. The maximum atomic E-state index is 13.5. The molecule has 0 spiro atoms. The number of rotatable bonds is 9. The van der Waals surface area contributed by atoms with Gasteiger partial charge in [0.2, 0.25) is 11.7 Å². The van der Waals surface area contributed by atoms with Gasteiger partial charge in [0, 0.05) is 35.1 Å². The van der Waals surface area contributed by atoms with Crippen LogP contribution in [0.5, 0.6) is 0 Å². The summed E-state index contributed by atoms with van der Waals surface area (Å²) in [6.45, 7) is 2.75. The minimum atomic E-state index is -5.41. The maximum absolute atomic E-state index is 13.5. The number of amides is 3. The summed E-state index contributed by atoms with van der Waals surface area (Å²) in [5.41, 5.74) is 1.74. The molecule has 0 saturated carbocycles. The first-order chi connectivity index (χ1) is 25.7. The quantitative estimate of drug-likeness (QED) is 0.0614. The number of allylic oxidation sites excluding steroid dienone is 1. The molecule has 0 saturated heterocycles. The summed E-state index contributed by atoms with van der Waals surface area (Å²) in [4.78, 5) is 39.1. The molecule has 0 aliphatic heterocycles. The van der Waals surface area contributed by atoms with E-state index in [2.05, 4.69) is 31.5 Å². The van der Waals surface area contributed by atoms with Gasteiger partial charge in [-0.25, -0.2) is 35.0 Å². The van der Waals surface area contributed by atoms with E-state index in [1.165, 1.54) is 62.4 Å². The maximum Gasteiger partial charge on any atom is 1.00 e. The molecule has 1 aliphatic rings. The first kappa shape index (κ1) is 49.5. The van der Waals surface area contributed by atoms with Crippen LogP contribution in [-0.2, 0) is 35.1 Å². The van der Waals surface area contributed by atoms with Crippen molar-refractivity contribution in [3.8, 4) is 10.6 Å². The van der Waals surface area contributed by atoms with Crippen molar-refractivity contribution in [2.75, 3.05) is 21.4 Å². The average Bonchev–Trinajstić information content (AvgIpc) is 3.51. The second-order valence-electron chi connectivity index (χ2n) is 11.7. The molecular weight excluding hydrogens is 870 g/mol. The van der Waals surface area contributed by atoms with Gasteiger partial charge in [-0.05, 0) is 90.9 Å². The number of nitrogens with one attached hydrogen (secondary N) is 4. The van der Waals surface area contributed by atoms with Crippen LogP contribution in [0.15, 0.2) is 92.6 Å². The number of aryl methyl sites for hydroxylation is 1. The third-order valence-electron chi connectivity index (χ3n) is 7.77. The number of hydrogen-bond acceptors (Lipinski definition) is 16. The van der Waals surface area contributed by atoms with Crippen molar-refractivity contribution in [2.45, 2.75) is 23.6 Å². The van der Waals surface area contributed by atoms with Crippen LogP contribution in [0.2, 0.25) is 0 Å².